The number of carbonyl (C=O) groups excluding carboxylic acids is 1. The second-order valence-corrected chi connectivity index (χ2v) is 7.11. The fourth-order valence-electron chi connectivity index (χ4n) is 3.61. The van der Waals surface area contributed by atoms with Crippen LogP contribution in [-0.2, 0) is 4.79 Å². The number of nitrogens with zero attached hydrogens (tertiary/aromatic N) is 3. The Hall–Kier alpha value is -2.87. The van der Waals surface area contributed by atoms with Crippen LogP contribution in [0.4, 0.5) is 4.79 Å². The van der Waals surface area contributed by atoms with Crippen molar-refractivity contribution in [3.8, 4) is 5.69 Å². The third-order valence-electron chi connectivity index (χ3n) is 5.15. The number of carbonyl (C=O) groups is 2. The number of nitrogens with one attached hydrogen (secondary N) is 2. The highest BCUT2D eigenvalue weighted by Gasteiger charge is 2.34. The summed E-state index contributed by atoms with van der Waals surface area (Å²) >= 11 is 0. The van der Waals surface area contributed by atoms with Crippen LogP contribution in [0.2, 0.25) is 0 Å². The van der Waals surface area contributed by atoms with Gasteiger partial charge in [-0.15, -0.1) is 0 Å². The Kier molecular flexibility index (Phi) is 6.30. The van der Waals surface area contributed by atoms with Gasteiger partial charge in [0, 0.05) is 30.2 Å². The highest BCUT2D eigenvalue weighted by atomic mass is 16.4. The first-order valence-corrected chi connectivity index (χ1v) is 9.59. The number of carboxylic acid groups (broad SMARTS) is 1. The van der Waals surface area contributed by atoms with Gasteiger partial charge < -0.3 is 20.3 Å². The Bertz CT molecular complexity index is 801. The SMILES string of the molecule is CCN(CC(=O)O)C1CC(NC(=O)NC(C)c2nccn2-c2ccccc2)C1. The molecule has 0 radical (unpaired) electrons. The molecule has 1 aromatic heterocycles. The molecule has 28 heavy (non-hydrogen) atoms. The van der Waals surface area contributed by atoms with Crippen LogP contribution in [0.15, 0.2) is 42.7 Å². The summed E-state index contributed by atoms with van der Waals surface area (Å²) in [5.74, 6) is -0.0646. The molecule has 1 atom stereocenters. The minimum Gasteiger partial charge on any atom is -0.480 e. The number of likely N-dealkylation sites (N-methyl/N-ethyl adjacent to an activating group) is 1. The van der Waals surface area contributed by atoms with Gasteiger partial charge in [-0.2, -0.15) is 0 Å². The van der Waals surface area contributed by atoms with E-state index in [0.29, 0.717) is 6.54 Å². The summed E-state index contributed by atoms with van der Waals surface area (Å²) in [4.78, 5) is 29.6. The van der Waals surface area contributed by atoms with Crippen molar-refractivity contribution in [2.75, 3.05) is 13.1 Å². The molecule has 1 aliphatic carbocycles. The smallest absolute Gasteiger partial charge is 0.317 e. The van der Waals surface area contributed by atoms with E-state index >= 15 is 0 Å². The second-order valence-electron chi connectivity index (χ2n) is 7.11. The number of imidazole rings is 1. The van der Waals surface area contributed by atoms with Gasteiger partial charge in [-0.25, -0.2) is 9.78 Å². The van der Waals surface area contributed by atoms with Crippen molar-refractivity contribution < 1.29 is 14.7 Å². The Labute approximate surface area is 164 Å². The van der Waals surface area contributed by atoms with Crippen LogP contribution in [0, 0.1) is 0 Å². The van der Waals surface area contributed by atoms with E-state index in [1.807, 2.05) is 59.8 Å². The van der Waals surface area contributed by atoms with Crippen molar-refractivity contribution >= 4 is 12.0 Å². The van der Waals surface area contributed by atoms with Crippen molar-refractivity contribution in [3.63, 3.8) is 0 Å². The molecule has 1 heterocycles. The standard InChI is InChI=1S/C20H27N5O3/c1-3-24(13-18(26)27)17-11-15(12-17)23-20(28)22-14(2)19-21-9-10-25(19)16-7-5-4-6-8-16/h4-10,14-15,17H,3,11-13H2,1-2H3,(H,26,27)(H2,22,23,28). The van der Waals surface area contributed by atoms with E-state index in [2.05, 4.69) is 15.6 Å². The molecule has 8 heteroatoms. The predicted molar refractivity (Wildman–Crippen MR) is 105 cm³/mol. The monoisotopic (exact) mass is 385 g/mol. The number of amides is 2. The van der Waals surface area contributed by atoms with Crippen LogP contribution in [-0.4, -0.2) is 56.7 Å². The maximum absolute atomic E-state index is 12.4. The predicted octanol–water partition coefficient (Wildman–Crippen LogP) is 2.17. The topological polar surface area (TPSA) is 99.5 Å². The van der Waals surface area contributed by atoms with Gasteiger partial charge >= 0.3 is 12.0 Å². The zero-order chi connectivity index (χ0) is 20.1. The number of rotatable bonds is 8. The lowest BCUT2D eigenvalue weighted by atomic mass is 9.85. The van der Waals surface area contributed by atoms with Crippen LogP contribution in [0.3, 0.4) is 0 Å². The van der Waals surface area contributed by atoms with Crippen LogP contribution in [0.5, 0.6) is 0 Å². The lowest BCUT2D eigenvalue weighted by molar-refractivity contribution is -0.139. The molecule has 1 aliphatic rings. The molecule has 1 unspecified atom stereocenters. The van der Waals surface area contributed by atoms with E-state index in [4.69, 9.17) is 5.11 Å². The first-order valence-electron chi connectivity index (χ1n) is 9.59. The molecule has 1 saturated carbocycles. The molecule has 0 bridgehead atoms. The average Bonchev–Trinajstić information content (AvgIpc) is 3.13. The molecule has 0 saturated heterocycles. The molecule has 1 fully saturated rings. The zero-order valence-corrected chi connectivity index (χ0v) is 16.2. The van der Waals surface area contributed by atoms with Gasteiger partial charge in [0.15, 0.2) is 0 Å². The summed E-state index contributed by atoms with van der Waals surface area (Å²) in [6.45, 7) is 4.58. The zero-order valence-electron chi connectivity index (χ0n) is 16.2. The lowest BCUT2D eigenvalue weighted by Crippen LogP contribution is -2.56. The molecular weight excluding hydrogens is 358 g/mol. The maximum Gasteiger partial charge on any atom is 0.317 e. The quantitative estimate of drug-likeness (QED) is 0.647. The van der Waals surface area contributed by atoms with Crippen molar-refractivity contribution in [2.45, 2.75) is 44.8 Å². The molecule has 3 rings (SSSR count). The van der Waals surface area contributed by atoms with Crippen molar-refractivity contribution in [2.24, 2.45) is 0 Å². The summed E-state index contributed by atoms with van der Waals surface area (Å²) in [5.41, 5.74) is 0.990. The van der Waals surface area contributed by atoms with Gasteiger partial charge in [-0.3, -0.25) is 9.69 Å². The van der Waals surface area contributed by atoms with E-state index in [-0.39, 0.29) is 30.7 Å². The highest BCUT2D eigenvalue weighted by molar-refractivity contribution is 5.74. The van der Waals surface area contributed by atoms with Gasteiger partial charge in [0.25, 0.3) is 0 Å². The Morgan fingerprint density at radius 2 is 2.04 bits per heavy atom. The average molecular weight is 385 g/mol. The summed E-state index contributed by atoms with van der Waals surface area (Å²) < 4.78 is 1.95. The van der Waals surface area contributed by atoms with Crippen LogP contribution in [0.1, 0.15) is 38.6 Å². The molecule has 3 N–H and O–H groups in total. The number of carboxylic acids is 1. The molecule has 1 aromatic carbocycles. The third-order valence-corrected chi connectivity index (χ3v) is 5.15. The molecule has 2 amide bonds. The van der Waals surface area contributed by atoms with E-state index in [1.165, 1.54) is 0 Å². The summed E-state index contributed by atoms with van der Waals surface area (Å²) in [6.07, 6.45) is 5.12. The van der Waals surface area contributed by atoms with E-state index in [1.54, 1.807) is 6.20 Å². The normalized spacial score (nSPS) is 19.7. The number of benzene rings is 1. The van der Waals surface area contributed by atoms with Crippen LogP contribution in [0.25, 0.3) is 5.69 Å². The van der Waals surface area contributed by atoms with Crippen molar-refractivity contribution in [1.82, 2.24) is 25.1 Å². The minimum atomic E-state index is -0.821. The third kappa shape index (κ3) is 4.69. The summed E-state index contributed by atoms with van der Waals surface area (Å²) in [5, 5.41) is 14.9. The van der Waals surface area contributed by atoms with E-state index in [9.17, 15) is 9.59 Å². The molecule has 2 aromatic rings. The molecule has 150 valence electrons. The number of hydrogen-bond donors (Lipinski definition) is 3. The molecule has 0 aliphatic heterocycles. The van der Waals surface area contributed by atoms with Gasteiger partial charge in [0.1, 0.15) is 5.82 Å². The summed E-state index contributed by atoms with van der Waals surface area (Å²) in [6, 6.07) is 9.63. The number of para-hydroxylation sites is 1. The summed E-state index contributed by atoms with van der Waals surface area (Å²) in [7, 11) is 0. The highest BCUT2D eigenvalue weighted by Crippen LogP contribution is 2.25. The van der Waals surface area contributed by atoms with Gasteiger partial charge in [0.05, 0.1) is 12.6 Å². The number of aliphatic carboxylic acids is 1. The minimum absolute atomic E-state index is 0.0409. The number of urea groups is 1. The maximum atomic E-state index is 12.4. The fraction of sp³-hybridized carbons (Fsp3) is 0.450. The van der Waals surface area contributed by atoms with Crippen LogP contribution >= 0.6 is 0 Å². The molecule has 8 nitrogen and oxygen atoms in total. The second kappa shape index (κ2) is 8.88. The van der Waals surface area contributed by atoms with Gasteiger partial charge in [-0.1, -0.05) is 25.1 Å². The van der Waals surface area contributed by atoms with E-state index < -0.39 is 5.97 Å². The Morgan fingerprint density at radius 3 is 2.68 bits per heavy atom. The van der Waals surface area contributed by atoms with Crippen molar-refractivity contribution in [3.05, 3.63) is 48.5 Å². The van der Waals surface area contributed by atoms with Crippen LogP contribution < -0.4 is 10.6 Å². The number of hydrogen-bond acceptors (Lipinski definition) is 4. The molecule has 0 spiro atoms. The first kappa shape index (κ1) is 19.9. The number of aromatic nitrogens is 2. The Balaban J connectivity index is 1.50. The van der Waals surface area contributed by atoms with E-state index in [0.717, 1.165) is 24.4 Å². The largest absolute Gasteiger partial charge is 0.480 e. The fourth-order valence-corrected chi connectivity index (χ4v) is 3.61. The Morgan fingerprint density at radius 1 is 1.32 bits per heavy atom. The first-order chi connectivity index (χ1) is 13.5. The van der Waals surface area contributed by atoms with Crippen molar-refractivity contribution in [1.29, 1.82) is 0 Å². The van der Waals surface area contributed by atoms with Gasteiger partial charge in [0.2, 0.25) is 0 Å². The lowest BCUT2D eigenvalue weighted by Gasteiger charge is -2.42. The molecular formula is C20H27N5O3. The van der Waals surface area contributed by atoms with Gasteiger partial charge in [-0.05, 0) is 38.4 Å².